The van der Waals surface area contributed by atoms with Crippen LogP contribution in [0.3, 0.4) is 0 Å². The zero-order valence-corrected chi connectivity index (χ0v) is 12.4. The Morgan fingerprint density at radius 2 is 0.857 bits per heavy atom. The Morgan fingerprint density at radius 1 is 0.571 bits per heavy atom. The van der Waals surface area contributed by atoms with Gasteiger partial charge in [0.05, 0.1) is 0 Å². The lowest BCUT2D eigenvalue weighted by Crippen LogP contribution is -2.91. The van der Waals surface area contributed by atoms with Gasteiger partial charge in [0.2, 0.25) is 16.2 Å². The van der Waals surface area contributed by atoms with Crippen molar-refractivity contribution in [1.29, 1.82) is 0 Å². The van der Waals surface area contributed by atoms with Crippen LogP contribution in [0.2, 0.25) is 0 Å². The fraction of sp³-hybridized carbons (Fsp3) is 0.636. The molecule has 0 aromatic heterocycles. The van der Waals surface area contributed by atoms with Gasteiger partial charge in [0.25, 0.3) is 0 Å². The Morgan fingerprint density at radius 3 is 0.964 bits per heavy atom. The second-order valence-corrected chi connectivity index (χ2v) is 5.55. The van der Waals surface area contributed by atoms with Crippen molar-refractivity contribution < 1.29 is 79.1 Å². The Bertz CT molecular complexity index is 711. The minimum atomic E-state index is -7.34. The van der Waals surface area contributed by atoms with E-state index in [0.717, 1.165) is 0 Å². The van der Waals surface area contributed by atoms with Crippen LogP contribution in [0, 0.1) is 22.2 Å². The number of hydrogen-bond donors (Lipinski definition) is 4. The maximum atomic E-state index is 13.5. The number of alkyl halides is 9. The largest absolute Gasteiger partial charge is 0.481 e. The van der Waals surface area contributed by atoms with Gasteiger partial charge in [-0.15, -0.1) is 0 Å². The van der Waals surface area contributed by atoms with Crippen molar-refractivity contribution in [2.45, 2.75) is 18.5 Å². The third-order valence-corrected chi connectivity index (χ3v) is 4.61. The summed E-state index contributed by atoms with van der Waals surface area (Å²) in [6.07, 6.45) is -21.5. The fourth-order valence-corrected chi connectivity index (χ4v) is 3.83. The summed E-state index contributed by atoms with van der Waals surface area (Å²) in [5, 5.41) is 35.0. The predicted octanol–water partition coefficient (Wildman–Crippen LogP) is 1.60. The monoisotopic (exact) mass is 436 g/mol. The maximum Gasteiger partial charge on any atom is 0.407 e. The molecule has 0 aromatic carbocycles. The average molecular weight is 436 g/mol. The van der Waals surface area contributed by atoms with Crippen LogP contribution >= 0.6 is 0 Å². The van der Waals surface area contributed by atoms with Crippen LogP contribution in [0.4, 0.5) is 39.5 Å². The summed E-state index contributed by atoms with van der Waals surface area (Å²) in [6, 6.07) is 0. The van der Waals surface area contributed by atoms with E-state index >= 15 is 0 Å². The van der Waals surface area contributed by atoms with Crippen LogP contribution in [0.15, 0.2) is 0 Å². The highest BCUT2D eigenvalue weighted by Gasteiger charge is 3.09. The minimum Gasteiger partial charge on any atom is -0.481 e. The molecule has 1 aliphatic carbocycles. The summed E-state index contributed by atoms with van der Waals surface area (Å²) in [6.45, 7) is 0. The highest BCUT2D eigenvalue weighted by molar-refractivity contribution is 6.05. The Labute approximate surface area is 145 Å². The summed E-state index contributed by atoms with van der Waals surface area (Å²) in [4.78, 5) is 44.6. The normalized spacial score (nSPS) is 33.7. The zero-order valence-electron chi connectivity index (χ0n) is 12.4. The molecule has 0 amide bonds. The standard InChI is InChI=1S/C11H5F9O8/c12-9(13,14)6(3(23)24)1(2(21)22)7(4(25)26,10(15,16)17)8(6,5(27)28)11(18,19)20/h1H,(H,21,22)(H,23,24)(H,25,26)(H,27,28). The van der Waals surface area contributed by atoms with Crippen LogP contribution in [-0.2, 0) is 19.2 Å². The minimum absolute atomic E-state index is 3.57. The van der Waals surface area contributed by atoms with Gasteiger partial charge < -0.3 is 20.4 Å². The molecule has 0 saturated heterocycles. The van der Waals surface area contributed by atoms with Crippen LogP contribution in [0.25, 0.3) is 0 Å². The summed E-state index contributed by atoms with van der Waals surface area (Å²) in [5.41, 5.74) is -19.1. The summed E-state index contributed by atoms with van der Waals surface area (Å²) >= 11 is 0. The molecule has 1 saturated carbocycles. The molecule has 160 valence electrons. The van der Waals surface area contributed by atoms with Crippen molar-refractivity contribution in [3.8, 4) is 0 Å². The van der Waals surface area contributed by atoms with Gasteiger partial charge in [0, 0.05) is 0 Å². The second-order valence-electron chi connectivity index (χ2n) is 5.55. The van der Waals surface area contributed by atoms with Crippen LogP contribution in [0.5, 0.6) is 0 Å². The quantitative estimate of drug-likeness (QED) is 0.486. The highest BCUT2D eigenvalue weighted by atomic mass is 19.4. The highest BCUT2D eigenvalue weighted by Crippen LogP contribution is 2.84. The van der Waals surface area contributed by atoms with Crippen molar-refractivity contribution in [2.24, 2.45) is 22.2 Å². The lowest BCUT2D eigenvalue weighted by molar-refractivity contribution is -0.463. The third kappa shape index (κ3) is 1.98. The molecule has 0 bridgehead atoms. The van der Waals surface area contributed by atoms with Crippen LogP contribution in [0.1, 0.15) is 0 Å². The van der Waals surface area contributed by atoms with Gasteiger partial charge >= 0.3 is 42.4 Å². The third-order valence-electron chi connectivity index (χ3n) is 4.61. The van der Waals surface area contributed by atoms with Crippen molar-refractivity contribution in [2.75, 3.05) is 0 Å². The van der Waals surface area contributed by atoms with Gasteiger partial charge in [-0.05, 0) is 0 Å². The summed E-state index contributed by atoms with van der Waals surface area (Å²) in [5.74, 6) is -20.6. The van der Waals surface area contributed by atoms with E-state index in [0.29, 0.717) is 0 Å². The molecule has 0 radical (unpaired) electrons. The lowest BCUT2D eigenvalue weighted by Gasteiger charge is -2.66. The first-order chi connectivity index (χ1) is 12.1. The topological polar surface area (TPSA) is 149 Å². The molecule has 0 aromatic rings. The molecule has 0 heterocycles. The van der Waals surface area contributed by atoms with E-state index in [1.54, 1.807) is 0 Å². The molecule has 0 spiro atoms. The molecule has 28 heavy (non-hydrogen) atoms. The van der Waals surface area contributed by atoms with Gasteiger partial charge in [0.15, 0.2) is 0 Å². The lowest BCUT2D eigenvalue weighted by atomic mass is 9.29. The van der Waals surface area contributed by atoms with E-state index in [1.165, 1.54) is 0 Å². The number of rotatable bonds is 4. The summed E-state index contributed by atoms with van der Waals surface area (Å²) in [7, 11) is 0. The zero-order chi connectivity index (χ0) is 22.9. The smallest absolute Gasteiger partial charge is 0.407 e. The Kier molecular flexibility index (Phi) is 4.68. The molecule has 4 N–H and O–H groups in total. The number of carboxylic acid groups (broad SMARTS) is 4. The van der Waals surface area contributed by atoms with E-state index in [4.69, 9.17) is 20.4 Å². The molecule has 2 atom stereocenters. The van der Waals surface area contributed by atoms with E-state index in [9.17, 15) is 58.7 Å². The number of hydrogen-bond acceptors (Lipinski definition) is 4. The maximum absolute atomic E-state index is 13.5. The molecular formula is C11H5F9O8. The van der Waals surface area contributed by atoms with E-state index in [1.807, 2.05) is 0 Å². The van der Waals surface area contributed by atoms with E-state index in [2.05, 4.69) is 0 Å². The number of halogens is 9. The van der Waals surface area contributed by atoms with E-state index < -0.39 is 64.6 Å². The van der Waals surface area contributed by atoms with Crippen LogP contribution < -0.4 is 0 Å². The molecule has 0 aliphatic heterocycles. The first-order valence-electron chi connectivity index (χ1n) is 6.28. The molecule has 1 rings (SSSR count). The van der Waals surface area contributed by atoms with Crippen molar-refractivity contribution in [1.82, 2.24) is 0 Å². The molecule has 17 heteroatoms. The predicted molar refractivity (Wildman–Crippen MR) is 59.5 cm³/mol. The van der Waals surface area contributed by atoms with Gasteiger partial charge in [-0.3, -0.25) is 19.2 Å². The molecule has 1 aliphatic rings. The molecule has 8 nitrogen and oxygen atoms in total. The SMILES string of the molecule is O=C(O)C1C(C(=O)O)(C(F)(F)F)C(C(=O)O)(C(F)(F)F)C1(C(=O)O)C(F)(F)F. The molecule has 2 unspecified atom stereocenters. The van der Waals surface area contributed by atoms with E-state index in [-0.39, 0.29) is 0 Å². The Hall–Kier alpha value is -2.75. The molecular weight excluding hydrogens is 431 g/mol. The van der Waals surface area contributed by atoms with Crippen molar-refractivity contribution >= 4 is 23.9 Å². The van der Waals surface area contributed by atoms with Gasteiger partial charge in [-0.1, -0.05) is 0 Å². The Balaban J connectivity index is 4.55. The number of carbonyl (C=O) groups is 4. The number of carboxylic acids is 4. The fourth-order valence-electron chi connectivity index (χ4n) is 3.83. The van der Waals surface area contributed by atoms with Gasteiger partial charge in [-0.25, -0.2) is 0 Å². The molecule has 1 fully saturated rings. The first kappa shape index (κ1) is 23.3. The average Bonchev–Trinajstić information content (AvgIpc) is 2.30. The first-order valence-corrected chi connectivity index (χ1v) is 6.28. The van der Waals surface area contributed by atoms with Crippen molar-refractivity contribution in [3.63, 3.8) is 0 Å². The van der Waals surface area contributed by atoms with Gasteiger partial charge in [0.1, 0.15) is 5.92 Å². The van der Waals surface area contributed by atoms with Crippen molar-refractivity contribution in [3.05, 3.63) is 0 Å². The van der Waals surface area contributed by atoms with Gasteiger partial charge in [-0.2, -0.15) is 39.5 Å². The second kappa shape index (κ2) is 5.63. The number of aliphatic carboxylic acids is 4. The van der Waals surface area contributed by atoms with Crippen LogP contribution in [-0.4, -0.2) is 62.8 Å². The summed E-state index contributed by atoms with van der Waals surface area (Å²) < 4.78 is 121.